The largest absolute Gasteiger partial charge is 0.461 e. The van der Waals surface area contributed by atoms with Crippen LogP contribution in [0.1, 0.15) is 28.0 Å². The molecular formula is C11H11NO3S. The van der Waals surface area contributed by atoms with Gasteiger partial charge < -0.3 is 9.26 Å². The summed E-state index contributed by atoms with van der Waals surface area (Å²) < 4.78 is 9.88. The van der Waals surface area contributed by atoms with Crippen molar-refractivity contribution in [2.24, 2.45) is 0 Å². The van der Waals surface area contributed by atoms with Gasteiger partial charge in [0.2, 0.25) is 0 Å². The van der Waals surface area contributed by atoms with Crippen LogP contribution in [0.3, 0.4) is 0 Å². The highest BCUT2D eigenvalue weighted by molar-refractivity contribution is 7.09. The van der Waals surface area contributed by atoms with Gasteiger partial charge in [-0.1, -0.05) is 11.2 Å². The Morgan fingerprint density at radius 3 is 3.19 bits per heavy atom. The van der Waals surface area contributed by atoms with E-state index in [1.807, 2.05) is 17.5 Å². The molecule has 0 aliphatic rings. The van der Waals surface area contributed by atoms with Crippen LogP contribution in [-0.2, 0) is 11.2 Å². The molecule has 4 nitrogen and oxygen atoms in total. The number of ether oxygens (including phenoxy) is 1. The van der Waals surface area contributed by atoms with Crippen molar-refractivity contribution >= 4 is 17.3 Å². The standard InChI is InChI=1S/C11H11NO3S/c1-2-14-11(13)10-7-8(15-12-10)6-9-4-3-5-16-9/h3-5,7H,2,6H2,1H3. The maximum Gasteiger partial charge on any atom is 0.360 e. The van der Waals surface area contributed by atoms with E-state index in [9.17, 15) is 4.79 Å². The molecule has 0 radical (unpaired) electrons. The zero-order valence-corrected chi connectivity index (χ0v) is 9.62. The van der Waals surface area contributed by atoms with Gasteiger partial charge in [-0.05, 0) is 18.4 Å². The molecule has 0 spiro atoms. The second kappa shape index (κ2) is 4.94. The van der Waals surface area contributed by atoms with Gasteiger partial charge in [0.05, 0.1) is 6.61 Å². The first-order valence-electron chi connectivity index (χ1n) is 4.94. The van der Waals surface area contributed by atoms with Gasteiger partial charge in [0.15, 0.2) is 5.69 Å². The molecule has 0 fully saturated rings. The summed E-state index contributed by atoms with van der Waals surface area (Å²) in [5, 5.41) is 5.67. The summed E-state index contributed by atoms with van der Waals surface area (Å²) in [6, 6.07) is 5.61. The Labute approximate surface area is 96.8 Å². The summed E-state index contributed by atoms with van der Waals surface area (Å²) >= 11 is 1.64. The quantitative estimate of drug-likeness (QED) is 0.767. The molecule has 0 aromatic carbocycles. The normalized spacial score (nSPS) is 10.3. The highest BCUT2D eigenvalue weighted by Gasteiger charge is 2.13. The fourth-order valence-electron chi connectivity index (χ4n) is 1.28. The first kappa shape index (κ1) is 10.9. The molecule has 0 amide bonds. The topological polar surface area (TPSA) is 52.3 Å². The van der Waals surface area contributed by atoms with Crippen LogP contribution in [0.15, 0.2) is 28.1 Å². The Hall–Kier alpha value is -1.62. The lowest BCUT2D eigenvalue weighted by Crippen LogP contribution is -2.04. The molecular weight excluding hydrogens is 226 g/mol. The number of thiophene rings is 1. The van der Waals surface area contributed by atoms with E-state index in [1.165, 1.54) is 4.88 Å². The van der Waals surface area contributed by atoms with Gasteiger partial charge in [-0.3, -0.25) is 0 Å². The molecule has 0 atom stereocenters. The van der Waals surface area contributed by atoms with Gasteiger partial charge in [-0.25, -0.2) is 4.79 Å². The summed E-state index contributed by atoms with van der Waals surface area (Å²) in [6.07, 6.45) is 0.657. The van der Waals surface area contributed by atoms with E-state index < -0.39 is 5.97 Å². The Kier molecular flexibility index (Phi) is 3.36. The van der Waals surface area contributed by atoms with Crippen LogP contribution in [0, 0.1) is 0 Å². The molecule has 16 heavy (non-hydrogen) atoms. The van der Waals surface area contributed by atoms with Crippen molar-refractivity contribution in [1.29, 1.82) is 0 Å². The summed E-state index contributed by atoms with van der Waals surface area (Å²) in [5.41, 5.74) is 0.230. The van der Waals surface area contributed by atoms with Crippen LogP contribution in [0.5, 0.6) is 0 Å². The average molecular weight is 237 g/mol. The van der Waals surface area contributed by atoms with E-state index >= 15 is 0 Å². The summed E-state index contributed by atoms with van der Waals surface area (Å²) in [5.74, 6) is 0.231. The molecule has 2 aromatic heterocycles. The fraction of sp³-hybridized carbons (Fsp3) is 0.273. The van der Waals surface area contributed by atoms with Crippen molar-refractivity contribution in [3.63, 3.8) is 0 Å². The van der Waals surface area contributed by atoms with Crippen molar-refractivity contribution in [3.05, 3.63) is 39.9 Å². The maximum absolute atomic E-state index is 11.3. The van der Waals surface area contributed by atoms with Gasteiger partial charge in [0, 0.05) is 17.4 Å². The third-order valence-electron chi connectivity index (χ3n) is 1.97. The zero-order chi connectivity index (χ0) is 11.4. The first-order valence-corrected chi connectivity index (χ1v) is 5.82. The number of hydrogen-bond acceptors (Lipinski definition) is 5. The third kappa shape index (κ3) is 2.49. The van der Waals surface area contributed by atoms with Crippen molar-refractivity contribution in [2.45, 2.75) is 13.3 Å². The van der Waals surface area contributed by atoms with E-state index in [4.69, 9.17) is 9.26 Å². The molecule has 0 N–H and O–H groups in total. The molecule has 2 rings (SSSR count). The van der Waals surface area contributed by atoms with Gasteiger partial charge in [0.1, 0.15) is 5.76 Å². The van der Waals surface area contributed by atoms with Gasteiger partial charge in [0.25, 0.3) is 0 Å². The molecule has 0 unspecified atom stereocenters. The molecule has 0 aliphatic heterocycles. The highest BCUT2D eigenvalue weighted by atomic mass is 32.1. The maximum atomic E-state index is 11.3. The van der Waals surface area contributed by atoms with E-state index in [2.05, 4.69) is 5.16 Å². The van der Waals surface area contributed by atoms with Gasteiger partial charge in [-0.15, -0.1) is 11.3 Å². The van der Waals surface area contributed by atoms with Crippen LogP contribution in [-0.4, -0.2) is 17.7 Å². The lowest BCUT2D eigenvalue weighted by atomic mass is 10.2. The smallest absolute Gasteiger partial charge is 0.360 e. The van der Waals surface area contributed by atoms with Crippen LogP contribution in [0.25, 0.3) is 0 Å². The SMILES string of the molecule is CCOC(=O)c1cc(Cc2cccs2)on1. The lowest BCUT2D eigenvalue weighted by molar-refractivity contribution is 0.0514. The number of carbonyl (C=O) groups excluding carboxylic acids is 1. The van der Waals surface area contributed by atoms with Crippen molar-refractivity contribution < 1.29 is 14.1 Å². The van der Waals surface area contributed by atoms with Crippen LogP contribution < -0.4 is 0 Å². The Morgan fingerprint density at radius 1 is 1.62 bits per heavy atom. The predicted molar refractivity (Wildman–Crippen MR) is 59.6 cm³/mol. The van der Waals surface area contributed by atoms with E-state index in [0.29, 0.717) is 18.8 Å². The summed E-state index contributed by atoms with van der Waals surface area (Å²) in [6.45, 7) is 2.09. The first-order chi connectivity index (χ1) is 7.79. The highest BCUT2D eigenvalue weighted by Crippen LogP contribution is 2.15. The number of carbonyl (C=O) groups is 1. The summed E-state index contributed by atoms with van der Waals surface area (Å²) in [4.78, 5) is 12.5. The minimum absolute atomic E-state index is 0.230. The van der Waals surface area contributed by atoms with Crippen molar-refractivity contribution in [3.8, 4) is 0 Å². The van der Waals surface area contributed by atoms with Crippen LogP contribution >= 0.6 is 11.3 Å². The Bertz CT molecular complexity index is 461. The molecule has 84 valence electrons. The number of rotatable bonds is 4. The number of aromatic nitrogens is 1. The minimum Gasteiger partial charge on any atom is -0.461 e. The van der Waals surface area contributed by atoms with Crippen molar-refractivity contribution in [2.75, 3.05) is 6.61 Å². The average Bonchev–Trinajstić information content (AvgIpc) is 2.90. The van der Waals surface area contributed by atoms with Crippen LogP contribution in [0.4, 0.5) is 0 Å². The summed E-state index contributed by atoms with van der Waals surface area (Å²) in [7, 11) is 0. The molecule has 0 saturated heterocycles. The van der Waals surface area contributed by atoms with Gasteiger partial charge in [-0.2, -0.15) is 0 Å². The number of nitrogens with zero attached hydrogens (tertiary/aromatic N) is 1. The number of esters is 1. The molecule has 0 saturated carbocycles. The molecule has 2 heterocycles. The predicted octanol–water partition coefficient (Wildman–Crippen LogP) is 2.50. The van der Waals surface area contributed by atoms with E-state index in [0.717, 1.165) is 0 Å². The van der Waals surface area contributed by atoms with E-state index in [-0.39, 0.29) is 5.69 Å². The third-order valence-corrected chi connectivity index (χ3v) is 2.85. The molecule has 5 heteroatoms. The second-order valence-electron chi connectivity index (χ2n) is 3.16. The Morgan fingerprint density at radius 2 is 2.50 bits per heavy atom. The van der Waals surface area contributed by atoms with E-state index in [1.54, 1.807) is 24.3 Å². The number of hydrogen-bond donors (Lipinski definition) is 0. The van der Waals surface area contributed by atoms with Crippen LogP contribution in [0.2, 0.25) is 0 Å². The molecule has 0 bridgehead atoms. The Balaban J connectivity index is 2.05. The minimum atomic E-state index is -0.441. The van der Waals surface area contributed by atoms with Gasteiger partial charge >= 0.3 is 5.97 Å². The zero-order valence-electron chi connectivity index (χ0n) is 8.80. The second-order valence-corrected chi connectivity index (χ2v) is 4.19. The lowest BCUT2D eigenvalue weighted by Gasteiger charge is -1.94. The monoisotopic (exact) mass is 237 g/mol. The molecule has 0 aliphatic carbocycles. The molecule has 2 aromatic rings. The van der Waals surface area contributed by atoms with Crippen molar-refractivity contribution in [1.82, 2.24) is 5.16 Å². The fourth-order valence-corrected chi connectivity index (χ4v) is 2.00.